The second-order valence-corrected chi connectivity index (χ2v) is 22.0. The minimum absolute atomic E-state index is 0.0565. The molecule has 3 unspecified atom stereocenters. The van der Waals surface area contributed by atoms with Crippen molar-refractivity contribution in [2.45, 2.75) is 232 Å². The van der Waals surface area contributed by atoms with E-state index in [9.17, 15) is 43.5 Å². The highest BCUT2D eigenvalue weighted by atomic mass is 31.3. The summed E-state index contributed by atoms with van der Waals surface area (Å²) < 4.78 is 56.8. The third-order valence-electron chi connectivity index (χ3n) is 11.8. The molecule has 18 nitrogen and oxygen atoms in total. The van der Waals surface area contributed by atoms with E-state index in [1.807, 2.05) is 0 Å². The molecule has 0 saturated carbocycles. The molecular weight excluding hydrogens is 908 g/mol. The van der Waals surface area contributed by atoms with Gasteiger partial charge in [0.2, 0.25) is 0 Å². The Kier molecular flexibility index (Phi) is 31.8. The van der Waals surface area contributed by atoms with Gasteiger partial charge in [-0.25, -0.2) is 13.9 Å². The van der Waals surface area contributed by atoms with Crippen molar-refractivity contribution in [3.05, 3.63) is 22.7 Å². The number of aliphatic hydroxyl groups excluding tert-OH is 2. The molecule has 0 bridgehead atoms. The summed E-state index contributed by atoms with van der Waals surface area (Å²) >= 11 is 0. The van der Waals surface area contributed by atoms with Crippen LogP contribution in [0.4, 0.5) is 5.82 Å². The van der Waals surface area contributed by atoms with Crippen molar-refractivity contribution in [2.75, 3.05) is 25.6 Å². The SMILES string of the molecule is CC(C)CCCCCCCCCCCCCCCCC(=O)O[C@H](COC(=O)CCCCCCCCCCCC(C)C)COP(=O)(O)OP(=O)(O)OC[C@H]1O[C@@H](n2ccc(N)nc2=O)C(O)[C@H]1O. The zero-order valence-corrected chi connectivity index (χ0v) is 42.8. The maximum atomic E-state index is 12.9. The van der Waals surface area contributed by atoms with E-state index in [1.54, 1.807) is 0 Å². The molecule has 2 heterocycles. The van der Waals surface area contributed by atoms with Gasteiger partial charge in [-0.1, -0.05) is 175 Å². The number of carbonyl (C=O) groups excluding carboxylic acids is 2. The van der Waals surface area contributed by atoms with E-state index in [-0.39, 0.29) is 18.7 Å². The third-order valence-corrected chi connectivity index (χ3v) is 14.4. The highest BCUT2D eigenvalue weighted by Crippen LogP contribution is 2.60. The monoisotopic (exact) mass is 996 g/mol. The van der Waals surface area contributed by atoms with E-state index in [1.165, 1.54) is 109 Å². The fourth-order valence-corrected chi connectivity index (χ4v) is 9.97. The Hall–Kier alpha value is -2.24. The molecule has 1 aliphatic rings. The van der Waals surface area contributed by atoms with Crippen LogP contribution < -0.4 is 11.4 Å². The molecule has 6 N–H and O–H groups in total. The van der Waals surface area contributed by atoms with Gasteiger partial charge in [-0.2, -0.15) is 9.29 Å². The number of carbonyl (C=O) groups is 2. The number of phosphoric ester groups is 2. The van der Waals surface area contributed by atoms with Crippen molar-refractivity contribution >= 4 is 33.4 Å². The quantitative estimate of drug-likeness (QED) is 0.0232. The first-order valence-corrected chi connectivity index (χ1v) is 28.3. The van der Waals surface area contributed by atoms with Gasteiger partial charge in [0.15, 0.2) is 12.3 Å². The first kappa shape index (κ1) is 60.9. The number of nitrogen functional groups attached to an aromatic ring is 1. The number of nitrogens with zero attached hydrogens (tertiary/aromatic N) is 2. The number of anilines is 1. The minimum Gasteiger partial charge on any atom is -0.462 e. The molecule has 0 aliphatic carbocycles. The van der Waals surface area contributed by atoms with E-state index in [2.05, 4.69) is 37.0 Å². The zero-order chi connectivity index (χ0) is 49.5. The molecule has 1 aromatic heterocycles. The molecule has 20 heteroatoms. The van der Waals surface area contributed by atoms with Crippen molar-refractivity contribution in [2.24, 2.45) is 11.8 Å². The second-order valence-electron chi connectivity index (χ2n) is 19.0. The van der Waals surface area contributed by atoms with E-state index < -0.39 is 83.7 Å². The van der Waals surface area contributed by atoms with Crippen molar-refractivity contribution in [1.82, 2.24) is 9.55 Å². The Labute approximate surface area is 400 Å². The van der Waals surface area contributed by atoms with Gasteiger partial charge in [0.05, 0.1) is 13.2 Å². The van der Waals surface area contributed by atoms with Crippen molar-refractivity contribution in [1.29, 1.82) is 0 Å². The van der Waals surface area contributed by atoms with Gasteiger partial charge in [-0.05, 0) is 30.7 Å². The molecule has 1 fully saturated rings. The number of nitrogens with two attached hydrogens (primary N) is 1. The number of aliphatic hydroxyl groups is 2. The molecule has 0 spiro atoms. The van der Waals surface area contributed by atoms with Gasteiger partial charge in [0.25, 0.3) is 0 Å². The van der Waals surface area contributed by atoms with Crippen LogP contribution in [0.1, 0.15) is 207 Å². The van der Waals surface area contributed by atoms with Crippen molar-refractivity contribution in [3.63, 3.8) is 0 Å². The van der Waals surface area contributed by atoms with E-state index in [4.69, 9.17) is 29.0 Å². The van der Waals surface area contributed by atoms with Crippen LogP contribution in [0.15, 0.2) is 17.1 Å². The molecule has 7 atom stereocenters. The fourth-order valence-electron chi connectivity index (χ4n) is 7.86. The normalized spacial score (nSPS) is 19.7. The van der Waals surface area contributed by atoms with Crippen LogP contribution in [-0.4, -0.2) is 85.7 Å². The van der Waals surface area contributed by atoms with Crippen LogP contribution in [0.5, 0.6) is 0 Å². The summed E-state index contributed by atoms with van der Waals surface area (Å²) in [5.74, 6) is 0.253. The van der Waals surface area contributed by atoms with Crippen molar-refractivity contribution in [3.8, 4) is 0 Å². The lowest BCUT2D eigenvalue weighted by molar-refractivity contribution is -0.161. The molecule has 1 saturated heterocycles. The number of unbranched alkanes of at least 4 members (excludes halogenated alkanes) is 21. The Balaban J connectivity index is 1.79. The van der Waals surface area contributed by atoms with Crippen molar-refractivity contribution < 1.29 is 66.3 Å². The molecule has 67 heavy (non-hydrogen) atoms. The molecule has 1 aromatic rings. The van der Waals surface area contributed by atoms with Crippen LogP contribution in [0.25, 0.3) is 0 Å². The number of ether oxygens (including phenoxy) is 3. The Bertz CT molecular complexity index is 1650. The Morgan fingerprint density at radius 3 is 1.57 bits per heavy atom. The number of phosphoric acid groups is 2. The topological polar surface area (TPSA) is 265 Å². The van der Waals surface area contributed by atoms with Gasteiger partial charge in [0, 0.05) is 19.0 Å². The maximum absolute atomic E-state index is 12.9. The molecule has 2 rings (SSSR count). The summed E-state index contributed by atoms with van der Waals surface area (Å²) in [5, 5.41) is 20.9. The number of hydrogen-bond acceptors (Lipinski definition) is 15. The molecule has 1 aliphatic heterocycles. The molecular formula is C47H87N3O15P2. The molecule has 0 aromatic carbocycles. The van der Waals surface area contributed by atoms with Crippen LogP contribution in [0, 0.1) is 11.8 Å². The second kappa shape index (κ2) is 35.0. The number of hydrogen-bond donors (Lipinski definition) is 5. The Morgan fingerprint density at radius 1 is 0.672 bits per heavy atom. The largest absolute Gasteiger partial charge is 0.481 e. The van der Waals surface area contributed by atoms with Crippen LogP contribution in [0.2, 0.25) is 0 Å². The summed E-state index contributed by atoms with van der Waals surface area (Å²) in [6.07, 6.45) is 22.1. The first-order valence-electron chi connectivity index (χ1n) is 25.3. The van der Waals surface area contributed by atoms with Gasteiger partial charge in [-0.15, -0.1) is 0 Å². The van der Waals surface area contributed by atoms with Crippen LogP contribution in [-0.2, 0) is 46.3 Å². The summed E-state index contributed by atoms with van der Waals surface area (Å²) in [5.41, 5.74) is 4.59. The predicted molar refractivity (Wildman–Crippen MR) is 257 cm³/mol. The third kappa shape index (κ3) is 29.5. The average molecular weight is 996 g/mol. The smallest absolute Gasteiger partial charge is 0.462 e. The minimum atomic E-state index is -5.42. The van der Waals surface area contributed by atoms with Crippen LogP contribution >= 0.6 is 15.6 Å². The predicted octanol–water partition coefficient (Wildman–Crippen LogP) is 9.99. The van der Waals surface area contributed by atoms with E-state index >= 15 is 0 Å². The Morgan fingerprint density at radius 2 is 1.10 bits per heavy atom. The summed E-state index contributed by atoms with van der Waals surface area (Å²) in [6.45, 7) is 6.77. The zero-order valence-electron chi connectivity index (χ0n) is 41.1. The van der Waals surface area contributed by atoms with E-state index in [0.717, 1.165) is 67.8 Å². The van der Waals surface area contributed by atoms with Gasteiger partial charge in [-0.3, -0.25) is 23.2 Å². The molecule has 0 amide bonds. The standard InChI is InChI=1S/C47H87N3O15P2/c1-37(2)28-24-20-16-12-9-7-5-6-8-10-14-19-23-27-31-43(52)63-39(34-60-42(51)30-26-22-18-15-11-13-17-21-25-29-38(3)4)35-61-66(56,57)65-67(58,59)62-36-40-44(53)45(54)46(64-40)50-33-32-41(48)49-47(50)55/h32-33,37-40,44-46,53-54H,5-31,34-36H2,1-4H3,(H,56,57)(H,58,59)(H2,48,49,55)/t39-,40-,44+,45?,46-/m1/s1. The lowest BCUT2D eigenvalue weighted by Gasteiger charge is -2.21. The van der Waals surface area contributed by atoms with Gasteiger partial charge < -0.3 is 39.9 Å². The molecule has 0 radical (unpaired) electrons. The van der Waals surface area contributed by atoms with Gasteiger partial charge >= 0.3 is 33.3 Å². The molecule has 390 valence electrons. The number of esters is 2. The van der Waals surface area contributed by atoms with E-state index in [0.29, 0.717) is 12.8 Å². The summed E-state index contributed by atoms with van der Waals surface area (Å²) in [7, 11) is -10.8. The van der Waals surface area contributed by atoms with Crippen LogP contribution in [0.3, 0.4) is 0 Å². The number of rotatable bonds is 41. The highest BCUT2D eigenvalue weighted by molar-refractivity contribution is 7.61. The summed E-state index contributed by atoms with van der Waals surface area (Å²) in [4.78, 5) is 61.8. The van der Waals surface area contributed by atoms with Gasteiger partial charge in [0.1, 0.15) is 30.7 Å². The fraction of sp³-hybridized carbons (Fsp3) is 0.872. The number of aromatic nitrogens is 2. The highest BCUT2D eigenvalue weighted by Gasteiger charge is 2.46. The lowest BCUT2D eigenvalue weighted by atomic mass is 10.0. The lowest BCUT2D eigenvalue weighted by Crippen LogP contribution is -2.36. The maximum Gasteiger partial charge on any atom is 0.481 e. The average Bonchev–Trinajstić information content (AvgIpc) is 3.53. The first-order chi connectivity index (χ1) is 31.9. The summed E-state index contributed by atoms with van der Waals surface area (Å²) in [6, 6.07) is 1.25.